The van der Waals surface area contributed by atoms with Gasteiger partial charge < -0.3 is 33.8 Å². The van der Waals surface area contributed by atoms with Crippen LogP contribution in [0.3, 0.4) is 0 Å². The van der Waals surface area contributed by atoms with Gasteiger partial charge in [-0.2, -0.15) is 4.98 Å². The van der Waals surface area contributed by atoms with Crippen molar-refractivity contribution in [2.24, 2.45) is 0 Å². The average molecular weight is 593 g/mol. The summed E-state index contributed by atoms with van der Waals surface area (Å²) in [4.78, 5) is 33.0. The SMILES string of the molecule is [2H][C@@H](C)[C@@]12CO[C@@H]([C@H](n3ccc(NC(=O)c4ccccc4)nc3=O)O1)[C@@H]2OP(OCC[N+]#[C-])N(C(C)C)C(C)C.[3H]OC. The first-order valence-corrected chi connectivity index (χ1v) is 14.5. The maximum Gasteiger partial charge on any atom is 0.351 e. The first kappa shape index (κ1) is 29.7. The van der Waals surface area contributed by atoms with Crippen molar-refractivity contribution in [3.05, 3.63) is 70.1 Å². The topological polar surface area (TPSA) is 129 Å². The number of rotatable bonds is 12. The third kappa shape index (κ3) is 7.37. The highest BCUT2D eigenvalue weighted by atomic mass is 31.2. The molecule has 0 aliphatic carbocycles. The molecule has 2 fully saturated rings. The number of ether oxygens (including phenoxy) is 2. The summed E-state index contributed by atoms with van der Waals surface area (Å²) in [7, 11) is -0.341. The van der Waals surface area contributed by atoms with E-state index in [-0.39, 0.29) is 43.6 Å². The fourth-order valence-corrected chi connectivity index (χ4v) is 6.61. The first-order chi connectivity index (χ1) is 20.5. The number of aromatic nitrogens is 2. The molecular formula is C28H40N5O7P. The third-order valence-electron chi connectivity index (χ3n) is 6.63. The molecule has 0 saturated carbocycles. The van der Waals surface area contributed by atoms with E-state index < -0.39 is 44.6 Å². The Morgan fingerprint density at radius 1 is 1.39 bits per heavy atom. The zero-order valence-electron chi connectivity index (χ0n) is 26.2. The Labute approximate surface area is 245 Å². The van der Waals surface area contributed by atoms with Crippen molar-refractivity contribution in [3.8, 4) is 0 Å². The molecule has 1 unspecified atom stereocenters. The summed E-state index contributed by atoms with van der Waals surface area (Å²) in [6.07, 6.45) is -1.54. The summed E-state index contributed by atoms with van der Waals surface area (Å²) >= 11 is 0. The maximum absolute atomic E-state index is 13.1. The molecule has 1 aromatic heterocycles. The molecular weight excluding hydrogens is 549 g/mol. The molecule has 3 heterocycles. The number of carbonyl (C=O) groups is 1. The van der Waals surface area contributed by atoms with E-state index in [0.717, 1.165) is 0 Å². The predicted molar refractivity (Wildman–Crippen MR) is 155 cm³/mol. The number of aliphatic hydroxyl groups excluding tert-OH is 1. The van der Waals surface area contributed by atoms with Gasteiger partial charge in [-0.1, -0.05) is 25.1 Å². The molecule has 2 N–H and O–H groups in total. The van der Waals surface area contributed by atoms with Crippen molar-refractivity contribution >= 4 is 20.3 Å². The number of fused-ring (bicyclic) bond motifs is 2. The van der Waals surface area contributed by atoms with Gasteiger partial charge in [-0.05, 0) is 52.3 Å². The molecule has 2 aromatic rings. The molecule has 1 amide bonds. The Hall–Kier alpha value is -2.75. The molecule has 6 atom stereocenters. The fourth-order valence-electron chi connectivity index (χ4n) is 4.82. The highest BCUT2D eigenvalue weighted by molar-refractivity contribution is 7.44. The zero-order valence-corrected chi connectivity index (χ0v) is 25.1. The minimum atomic E-state index is -1.63. The summed E-state index contributed by atoms with van der Waals surface area (Å²) in [5.41, 5.74) is -1.34. The van der Waals surface area contributed by atoms with Crippen molar-refractivity contribution in [1.82, 2.24) is 14.2 Å². The Kier molecular flexibility index (Phi) is 10.8. The summed E-state index contributed by atoms with van der Waals surface area (Å²) in [5, 5.41) is 6.14. The Balaban J connectivity index is 0.00000162. The van der Waals surface area contributed by atoms with Crippen LogP contribution in [-0.2, 0) is 18.5 Å². The van der Waals surface area contributed by atoms with Crippen molar-refractivity contribution < 1.29 is 29.8 Å². The number of nitrogens with one attached hydrogen (secondary N) is 1. The molecule has 2 bridgehead atoms. The predicted octanol–water partition coefficient (Wildman–Crippen LogP) is 3.85. The Morgan fingerprint density at radius 2 is 2.07 bits per heavy atom. The van der Waals surface area contributed by atoms with Gasteiger partial charge in [0, 0.05) is 32.3 Å². The number of aliphatic hydroxyl groups is 1. The average Bonchev–Trinajstić information content (AvgIpc) is 3.47. The molecule has 1 aromatic carbocycles. The van der Waals surface area contributed by atoms with Gasteiger partial charge >= 0.3 is 5.69 Å². The molecule has 0 radical (unpaired) electrons. The lowest BCUT2D eigenvalue weighted by Crippen LogP contribution is -2.42. The number of hydrogen-bond acceptors (Lipinski definition) is 9. The van der Waals surface area contributed by atoms with Crippen LogP contribution in [-0.4, -0.2) is 83.4 Å². The second-order valence-electron chi connectivity index (χ2n) is 9.90. The molecule has 13 heteroatoms. The van der Waals surface area contributed by atoms with E-state index >= 15 is 0 Å². The standard InChI is InChI=1S/C27H36N5O6P.CH4O/c1-7-27-17-35-22(23(27)38-39(36-16-14-28-6)32(18(2)3)19(4)5)25(37-27)31-15-13-21(30-26(31)34)29-24(33)20-11-9-8-10-12-20;1-2/h8-13,15,18-19,22-23,25H,7,14,16-17H2,1-5H3,(H,29,30,33,34);2H,1H3/t22-,23+,25-,27+,39?;/m1./s1/i7D;2T/t7-,22+,23-,25+,27-,39?;/m0.. The van der Waals surface area contributed by atoms with Crippen LogP contribution in [0.2, 0.25) is 0 Å². The molecule has 0 spiro atoms. The minimum absolute atomic E-state index is 0.0885. The molecule has 4 rings (SSSR count). The second kappa shape index (κ2) is 14.9. The second-order valence-corrected chi connectivity index (χ2v) is 11.3. The normalized spacial score (nSPS) is 25.2. The third-order valence-corrected chi connectivity index (χ3v) is 8.74. The molecule has 2 saturated heterocycles. The number of amides is 1. The van der Waals surface area contributed by atoms with Gasteiger partial charge in [0.1, 0.15) is 30.2 Å². The number of hydrogen-bond donors (Lipinski definition) is 2. The smallest absolute Gasteiger partial charge is 0.351 e. The summed E-state index contributed by atoms with van der Waals surface area (Å²) in [6.45, 7) is 17.5. The summed E-state index contributed by atoms with van der Waals surface area (Å²) in [5.74, 6) is -0.275. The lowest BCUT2D eigenvalue weighted by molar-refractivity contribution is -0.175. The van der Waals surface area contributed by atoms with Crippen molar-refractivity contribution in [2.45, 2.75) is 77.1 Å². The van der Waals surface area contributed by atoms with Crippen LogP contribution >= 0.6 is 8.53 Å². The van der Waals surface area contributed by atoms with E-state index in [2.05, 4.69) is 24.9 Å². The maximum atomic E-state index is 13.1. The van der Waals surface area contributed by atoms with Crippen molar-refractivity contribution in [2.75, 3.05) is 32.2 Å². The van der Waals surface area contributed by atoms with Crippen LogP contribution in [0.15, 0.2) is 47.4 Å². The van der Waals surface area contributed by atoms with Crippen LogP contribution < -0.4 is 11.0 Å². The Morgan fingerprint density at radius 3 is 2.66 bits per heavy atom. The minimum Gasteiger partial charge on any atom is -0.400 e. The van der Waals surface area contributed by atoms with Crippen molar-refractivity contribution in [3.63, 3.8) is 0 Å². The van der Waals surface area contributed by atoms with E-state index in [1.807, 2.05) is 27.7 Å². The number of benzene rings is 1. The molecule has 2 aliphatic rings. The van der Waals surface area contributed by atoms with E-state index in [1.54, 1.807) is 37.3 Å². The van der Waals surface area contributed by atoms with Gasteiger partial charge in [0.05, 0.1) is 6.61 Å². The highest BCUT2D eigenvalue weighted by Gasteiger charge is 2.63. The number of carbonyl (C=O) groups excluding carboxylic acids is 1. The van der Waals surface area contributed by atoms with E-state index in [9.17, 15) is 9.59 Å². The van der Waals surface area contributed by atoms with E-state index in [1.165, 1.54) is 23.9 Å². The van der Waals surface area contributed by atoms with Gasteiger partial charge in [0.25, 0.3) is 14.4 Å². The van der Waals surface area contributed by atoms with Crippen LogP contribution in [0, 0.1) is 6.57 Å². The van der Waals surface area contributed by atoms with Gasteiger partial charge in [-0.3, -0.25) is 9.36 Å². The highest BCUT2D eigenvalue weighted by Crippen LogP contribution is 2.55. The zero-order chi connectivity index (χ0) is 31.7. The van der Waals surface area contributed by atoms with Crippen LogP contribution in [0.5, 0.6) is 0 Å². The Bertz CT molecular complexity index is 1290. The first-order valence-electron chi connectivity index (χ1n) is 14.4. The van der Waals surface area contributed by atoms with Crippen molar-refractivity contribution in [1.29, 1.82) is 1.43 Å². The molecule has 12 nitrogen and oxygen atoms in total. The lowest BCUT2D eigenvalue weighted by Gasteiger charge is -2.38. The number of anilines is 1. The summed E-state index contributed by atoms with van der Waals surface area (Å²) < 4.78 is 42.9. The molecule has 224 valence electrons. The van der Waals surface area contributed by atoms with Gasteiger partial charge in [0.2, 0.25) is 7.98 Å². The quantitative estimate of drug-likeness (QED) is 0.215. The number of nitrogens with zero attached hydrogens (tertiary/aromatic N) is 4. The van der Waals surface area contributed by atoms with Gasteiger partial charge in [-0.25, -0.2) is 16.0 Å². The van der Waals surface area contributed by atoms with Crippen LogP contribution in [0.1, 0.15) is 59.0 Å². The van der Waals surface area contributed by atoms with Gasteiger partial charge in [0.15, 0.2) is 6.23 Å². The van der Waals surface area contributed by atoms with E-state index in [0.29, 0.717) is 5.56 Å². The molecule has 41 heavy (non-hydrogen) atoms. The van der Waals surface area contributed by atoms with Gasteiger partial charge in [-0.15, -0.1) is 0 Å². The monoisotopic (exact) mass is 592 g/mol. The van der Waals surface area contributed by atoms with E-state index in [4.69, 9.17) is 27.9 Å². The summed E-state index contributed by atoms with van der Waals surface area (Å²) in [6, 6.07) is 10.3. The molecule has 2 aliphatic heterocycles. The van der Waals surface area contributed by atoms with Crippen LogP contribution in [0.4, 0.5) is 5.82 Å². The lowest BCUT2D eigenvalue weighted by atomic mass is 9.96. The van der Waals surface area contributed by atoms with Crippen LogP contribution in [0.25, 0.3) is 4.85 Å². The fraction of sp³-hybridized carbons (Fsp3) is 0.571. The largest absolute Gasteiger partial charge is 0.400 e.